The van der Waals surface area contributed by atoms with Gasteiger partial charge in [0.1, 0.15) is 11.3 Å². The van der Waals surface area contributed by atoms with Gasteiger partial charge in [0.05, 0.1) is 35.4 Å². The number of carbonyl (C=O) groups is 1. The summed E-state index contributed by atoms with van der Waals surface area (Å²) in [6.45, 7) is 2.75. The maximum absolute atomic E-state index is 12.2. The summed E-state index contributed by atoms with van der Waals surface area (Å²) in [4.78, 5) is 23.5. The molecular formula is C21H21N5O2. The lowest BCUT2D eigenvalue weighted by Crippen LogP contribution is -2.28. The van der Waals surface area contributed by atoms with Gasteiger partial charge < -0.3 is 14.2 Å². The first-order valence-corrected chi connectivity index (χ1v) is 9.80. The Morgan fingerprint density at radius 3 is 2.86 bits per heavy atom. The van der Waals surface area contributed by atoms with Crippen molar-refractivity contribution in [2.24, 2.45) is 0 Å². The van der Waals surface area contributed by atoms with E-state index in [0.29, 0.717) is 18.5 Å². The van der Waals surface area contributed by atoms with Gasteiger partial charge in [-0.2, -0.15) is 5.26 Å². The highest BCUT2D eigenvalue weighted by Crippen LogP contribution is 2.33. The first kappa shape index (κ1) is 17.1. The third-order valence-corrected chi connectivity index (χ3v) is 5.78. The Morgan fingerprint density at radius 1 is 1.25 bits per heavy atom. The predicted molar refractivity (Wildman–Crippen MR) is 103 cm³/mol. The minimum atomic E-state index is 0.195. The molecule has 2 aliphatic heterocycles. The van der Waals surface area contributed by atoms with Crippen molar-refractivity contribution in [1.29, 1.82) is 5.26 Å². The number of aromatic nitrogens is 3. The number of hydrogen-bond acceptors (Lipinski definition) is 5. The molecule has 28 heavy (non-hydrogen) atoms. The van der Waals surface area contributed by atoms with E-state index in [1.807, 2.05) is 17.0 Å². The van der Waals surface area contributed by atoms with Crippen molar-refractivity contribution < 1.29 is 9.53 Å². The third-order valence-electron chi connectivity index (χ3n) is 5.78. The largest absolute Gasteiger partial charge is 0.381 e. The molecule has 2 aromatic heterocycles. The van der Waals surface area contributed by atoms with Crippen LogP contribution in [0.1, 0.15) is 43.1 Å². The lowest BCUT2D eigenvalue weighted by Gasteiger charge is -2.27. The van der Waals surface area contributed by atoms with Crippen LogP contribution in [-0.4, -0.2) is 45.1 Å². The van der Waals surface area contributed by atoms with Crippen LogP contribution >= 0.6 is 0 Å². The topological polar surface area (TPSA) is 84.0 Å². The van der Waals surface area contributed by atoms with Crippen LogP contribution in [0.2, 0.25) is 0 Å². The van der Waals surface area contributed by atoms with Gasteiger partial charge in [-0.3, -0.25) is 9.78 Å². The van der Waals surface area contributed by atoms with E-state index in [-0.39, 0.29) is 11.9 Å². The quantitative estimate of drug-likeness (QED) is 0.703. The van der Waals surface area contributed by atoms with E-state index in [1.54, 1.807) is 12.3 Å². The second-order valence-corrected chi connectivity index (χ2v) is 7.50. The Bertz CT molecular complexity index is 1110. The zero-order chi connectivity index (χ0) is 19.1. The van der Waals surface area contributed by atoms with Crippen LogP contribution in [0.25, 0.3) is 21.9 Å². The fourth-order valence-corrected chi connectivity index (χ4v) is 4.38. The number of benzene rings is 1. The summed E-state index contributed by atoms with van der Waals surface area (Å²) in [6, 6.07) is 8.07. The van der Waals surface area contributed by atoms with Gasteiger partial charge >= 0.3 is 0 Å². The number of imidazole rings is 1. The Morgan fingerprint density at radius 2 is 2.11 bits per heavy atom. The van der Waals surface area contributed by atoms with E-state index in [2.05, 4.69) is 15.6 Å². The summed E-state index contributed by atoms with van der Waals surface area (Å²) < 4.78 is 7.86. The van der Waals surface area contributed by atoms with Crippen molar-refractivity contribution >= 4 is 27.8 Å². The molecule has 0 saturated carbocycles. The first-order chi connectivity index (χ1) is 13.7. The van der Waals surface area contributed by atoms with Gasteiger partial charge in [-0.15, -0.1) is 0 Å². The van der Waals surface area contributed by atoms with Crippen LogP contribution in [-0.2, 0) is 16.1 Å². The number of ether oxygens (including phenoxy) is 1. The zero-order valence-corrected chi connectivity index (χ0v) is 15.6. The number of pyridine rings is 1. The molecule has 0 bridgehead atoms. The average Bonchev–Trinajstić information content (AvgIpc) is 3.31. The summed E-state index contributed by atoms with van der Waals surface area (Å²) in [6.07, 6.45) is 5.15. The smallest absolute Gasteiger partial charge is 0.223 e. The van der Waals surface area contributed by atoms with Crippen molar-refractivity contribution in [2.45, 2.75) is 38.3 Å². The number of likely N-dealkylation sites (tertiary alicyclic amines) is 1. The number of amides is 1. The summed E-state index contributed by atoms with van der Waals surface area (Å²) in [5.74, 6) is 1.09. The molecule has 7 nitrogen and oxygen atoms in total. The SMILES string of the molecule is N#Cc1ccc2ncc3nc(CN4CCCC4=O)n(C4CCOCC4)c3c2c1. The molecule has 2 saturated heterocycles. The van der Waals surface area contributed by atoms with Crippen LogP contribution in [0, 0.1) is 11.3 Å². The lowest BCUT2D eigenvalue weighted by molar-refractivity contribution is -0.128. The highest BCUT2D eigenvalue weighted by atomic mass is 16.5. The highest BCUT2D eigenvalue weighted by molar-refractivity contribution is 6.03. The Hall–Kier alpha value is -2.98. The summed E-state index contributed by atoms with van der Waals surface area (Å²) >= 11 is 0. The van der Waals surface area contributed by atoms with Crippen LogP contribution in [0.15, 0.2) is 24.4 Å². The second kappa shape index (κ2) is 6.88. The van der Waals surface area contributed by atoms with Crippen LogP contribution < -0.4 is 0 Å². The molecule has 5 rings (SSSR count). The highest BCUT2D eigenvalue weighted by Gasteiger charge is 2.27. The fraction of sp³-hybridized carbons (Fsp3) is 0.429. The molecule has 1 amide bonds. The summed E-state index contributed by atoms with van der Waals surface area (Å²) in [5.41, 5.74) is 3.28. The maximum atomic E-state index is 12.2. The molecule has 2 aliphatic rings. The molecule has 0 atom stereocenters. The minimum Gasteiger partial charge on any atom is -0.381 e. The maximum Gasteiger partial charge on any atom is 0.223 e. The molecular weight excluding hydrogens is 354 g/mol. The van der Waals surface area contributed by atoms with Gasteiger partial charge in [0.25, 0.3) is 0 Å². The van der Waals surface area contributed by atoms with Crippen LogP contribution in [0.3, 0.4) is 0 Å². The molecule has 3 aromatic rings. The average molecular weight is 375 g/mol. The van der Waals surface area contributed by atoms with E-state index in [4.69, 9.17) is 9.72 Å². The number of fused-ring (bicyclic) bond motifs is 3. The van der Waals surface area contributed by atoms with E-state index in [9.17, 15) is 10.1 Å². The Kier molecular flexibility index (Phi) is 4.21. The van der Waals surface area contributed by atoms with Crippen LogP contribution in [0.5, 0.6) is 0 Å². The van der Waals surface area contributed by atoms with Gasteiger partial charge in [-0.1, -0.05) is 0 Å². The second-order valence-electron chi connectivity index (χ2n) is 7.50. The van der Waals surface area contributed by atoms with Gasteiger partial charge in [-0.05, 0) is 37.5 Å². The minimum absolute atomic E-state index is 0.195. The fourth-order valence-electron chi connectivity index (χ4n) is 4.38. The van der Waals surface area contributed by atoms with Crippen molar-refractivity contribution in [2.75, 3.05) is 19.8 Å². The number of hydrogen-bond donors (Lipinski definition) is 0. The molecule has 0 spiro atoms. The molecule has 7 heteroatoms. The molecule has 1 aromatic carbocycles. The molecule has 0 aliphatic carbocycles. The van der Waals surface area contributed by atoms with Crippen molar-refractivity contribution in [3.05, 3.63) is 35.8 Å². The van der Waals surface area contributed by atoms with E-state index in [1.165, 1.54) is 0 Å². The van der Waals surface area contributed by atoms with Gasteiger partial charge in [0.15, 0.2) is 0 Å². The van der Waals surface area contributed by atoms with Crippen molar-refractivity contribution in [3.63, 3.8) is 0 Å². The monoisotopic (exact) mass is 375 g/mol. The first-order valence-electron chi connectivity index (χ1n) is 9.80. The number of rotatable bonds is 3. The molecule has 4 heterocycles. The van der Waals surface area contributed by atoms with Crippen LogP contribution in [0.4, 0.5) is 0 Å². The van der Waals surface area contributed by atoms with Crippen molar-refractivity contribution in [1.82, 2.24) is 19.4 Å². The molecule has 0 radical (unpaired) electrons. The normalized spacial score (nSPS) is 18.2. The Balaban J connectivity index is 1.72. The number of nitrogens with zero attached hydrogens (tertiary/aromatic N) is 5. The molecule has 0 unspecified atom stereocenters. The summed E-state index contributed by atoms with van der Waals surface area (Å²) in [5, 5.41) is 10.3. The van der Waals surface area contributed by atoms with E-state index >= 15 is 0 Å². The molecule has 142 valence electrons. The number of nitriles is 1. The Labute approximate surface area is 162 Å². The zero-order valence-electron chi connectivity index (χ0n) is 15.6. The molecule has 2 fully saturated rings. The van der Waals surface area contributed by atoms with Gasteiger partial charge in [-0.25, -0.2) is 4.98 Å². The molecule has 0 N–H and O–H groups in total. The van der Waals surface area contributed by atoms with Gasteiger partial charge in [0, 0.05) is 37.6 Å². The van der Waals surface area contributed by atoms with E-state index in [0.717, 1.165) is 66.8 Å². The predicted octanol–water partition coefficient (Wildman–Crippen LogP) is 2.93. The third kappa shape index (κ3) is 2.81. The van der Waals surface area contributed by atoms with Crippen molar-refractivity contribution in [3.8, 4) is 6.07 Å². The van der Waals surface area contributed by atoms with E-state index < -0.39 is 0 Å². The lowest BCUT2D eigenvalue weighted by atomic mass is 10.1. The standard InChI is InChI=1S/C21H21N5O2/c22-11-14-3-4-17-16(10-14)21-18(12-23-17)24-19(13-25-7-1-2-20(25)27)26(21)15-5-8-28-9-6-15/h3-4,10,12,15H,1-2,5-9,13H2. The number of carbonyl (C=O) groups excluding carboxylic acids is 1. The van der Waals surface area contributed by atoms with Gasteiger partial charge in [0.2, 0.25) is 5.91 Å². The summed E-state index contributed by atoms with van der Waals surface area (Å²) in [7, 11) is 0.